The Morgan fingerprint density at radius 3 is 2.82 bits per heavy atom. The van der Waals surface area contributed by atoms with E-state index < -0.39 is 0 Å². The van der Waals surface area contributed by atoms with Gasteiger partial charge in [0.1, 0.15) is 5.56 Å². The Labute approximate surface area is 100 Å². The standard InChI is InChI=1S/C12H18N2O3/c1-8(2)17-5-4-13-12(16)10-7-14-9(3)6-11(10)15/h6-8H,4-5H2,1-3H3,(H,13,16)(H,14,15). The van der Waals surface area contributed by atoms with Gasteiger partial charge in [0.2, 0.25) is 0 Å². The number of nitrogens with one attached hydrogen (secondary N) is 2. The van der Waals surface area contributed by atoms with Crippen molar-refractivity contribution in [2.75, 3.05) is 13.2 Å². The van der Waals surface area contributed by atoms with Gasteiger partial charge >= 0.3 is 0 Å². The normalized spacial score (nSPS) is 10.6. The smallest absolute Gasteiger partial charge is 0.256 e. The van der Waals surface area contributed by atoms with Gasteiger partial charge < -0.3 is 15.0 Å². The molecule has 0 bridgehead atoms. The first-order valence-corrected chi connectivity index (χ1v) is 5.60. The van der Waals surface area contributed by atoms with Crippen LogP contribution in [0.4, 0.5) is 0 Å². The minimum atomic E-state index is -0.376. The third-order valence-electron chi connectivity index (χ3n) is 2.14. The lowest BCUT2D eigenvalue weighted by atomic mass is 10.2. The molecule has 0 saturated carbocycles. The third kappa shape index (κ3) is 4.40. The fourth-order valence-corrected chi connectivity index (χ4v) is 1.31. The molecular formula is C12H18N2O3. The summed E-state index contributed by atoms with van der Waals surface area (Å²) in [6.07, 6.45) is 1.56. The lowest BCUT2D eigenvalue weighted by Crippen LogP contribution is -2.31. The van der Waals surface area contributed by atoms with E-state index in [0.29, 0.717) is 13.2 Å². The zero-order valence-electron chi connectivity index (χ0n) is 10.4. The summed E-state index contributed by atoms with van der Waals surface area (Å²) in [5, 5.41) is 2.63. The molecule has 1 aromatic heterocycles. The summed E-state index contributed by atoms with van der Waals surface area (Å²) in [5.41, 5.74) is 0.582. The first-order valence-electron chi connectivity index (χ1n) is 5.60. The average Bonchev–Trinajstić information content (AvgIpc) is 2.23. The lowest BCUT2D eigenvalue weighted by molar-refractivity contribution is 0.0746. The molecule has 0 aliphatic rings. The van der Waals surface area contributed by atoms with Crippen molar-refractivity contribution in [1.82, 2.24) is 10.3 Å². The second-order valence-corrected chi connectivity index (χ2v) is 4.07. The van der Waals surface area contributed by atoms with Gasteiger partial charge in [-0.25, -0.2) is 0 Å². The van der Waals surface area contributed by atoms with Crippen molar-refractivity contribution >= 4 is 5.91 Å². The van der Waals surface area contributed by atoms with Crippen LogP contribution in [-0.2, 0) is 4.74 Å². The predicted molar refractivity (Wildman–Crippen MR) is 65.2 cm³/mol. The number of carbonyl (C=O) groups excluding carboxylic acids is 1. The van der Waals surface area contributed by atoms with Crippen LogP contribution in [0.5, 0.6) is 0 Å². The maximum absolute atomic E-state index is 11.6. The molecule has 0 fully saturated rings. The number of ether oxygens (including phenoxy) is 1. The van der Waals surface area contributed by atoms with Crippen LogP contribution in [0.25, 0.3) is 0 Å². The summed E-state index contributed by atoms with van der Waals surface area (Å²) >= 11 is 0. The van der Waals surface area contributed by atoms with Gasteiger partial charge in [-0.15, -0.1) is 0 Å². The molecule has 0 radical (unpaired) electrons. The molecule has 1 amide bonds. The zero-order chi connectivity index (χ0) is 12.8. The van der Waals surface area contributed by atoms with Gasteiger partial charge in [0.05, 0.1) is 12.7 Å². The van der Waals surface area contributed by atoms with Crippen molar-refractivity contribution in [2.24, 2.45) is 0 Å². The quantitative estimate of drug-likeness (QED) is 0.747. The van der Waals surface area contributed by atoms with Gasteiger partial charge in [0.25, 0.3) is 5.91 Å². The van der Waals surface area contributed by atoms with Crippen molar-refractivity contribution in [3.8, 4) is 0 Å². The summed E-state index contributed by atoms with van der Waals surface area (Å²) in [7, 11) is 0. The van der Waals surface area contributed by atoms with E-state index in [1.807, 2.05) is 13.8 Å². The van der Waals surface area contributed by atoms with Gasteiger partial charge in [-0.05, 0) is 20.8 Å². The van der Waals surface area contributed by atoms with Crippen LogP contribution >= 0.6 is 0 Å². The largest absolute Gasteiger partial charge is 0.377 e. The van der Waals surface area contributed by atoms with Gasteiger partial charge in [0, 0.05) is 24.5 Å². The van der Waals surface area contributed by atoms with E-state index in [0.717, 1.165) is 5.69 Å². The first kappa shape index (κ1) is 13.4. The fourth-order valence-electron chi connectivity index (χ4n) is 1.31. The number of aromatic amines is 1. The minimum absolute atomic E-state index is 0.125. The predicted octanol–water partition coefficient (Wildman–Crippen LogP) is 0.838. The molecule has 0 saturated heterocycles. The number of pyridine rings is 1. The van der Waals surface area contributed by atoms with Crippen molar-refractivity contribution in [3.05, 3.63) is 33.7 Å². The zero-order valence-corrected chi connectivity index (χ0v) is 10.4. The van der Waals surface area contributed by atoms with E-state index in [2.05, 4.69) is 10.3 Å². The Hall–Kier alpha value is -1.62. The average molecular weight is 238 g/mol. The molecule has 0 aliphatic carbocycles. The van der Waals surface area contributed by atoms with Gasteiger partial charge in [-0.3, -0.25) is 9.59 Å². The van der Waals surface area contributed by atoms with Crippen LogP contribution in [0.3, 0.4) is 0 Å². The Bertz CT molecular complexity index is 438. The topological polar surface area (TPSA) is 71.2 Å². The molecule has 1 aromatic rings. The third-order valence-corrected chi connectivity index (χ3v) is 2.14. The highest BCUT2D eigenvalue weighted by Crippen LogP contribution is 1.92. The number of H-pyrrole nitrogens is 1. The highest BCUT2D eigenvalue weighted by Gasteiger charge is 2.09. The molecule has 5 heteroatoms. The van der Waals surface area contributed by atoms with Crippen molar-refractivity contribution in [3.63, 3.8) is 0 Å². The summed E-state index contributed by atoms with van der Waals surface area (Å²) in [6, 6.07) is 1.40. The molecule has 0 aromatic carbocycles. The van der Waals surface area contributed by atoms with E-state index in [9.17, 15) is 9.59 Å². The number of aryl methyl sites for hydroxylation is 1. The van der Waals surface area contributed by atoms with Crippen LogP contribution in [-0.4, -0.2) is 30.1 Å². The molecule has 0 spiro atoms. The van der Waals surface area contributed by atoms with Crippen LogP contribution < -0.4 is 10.7 Å². The number of rotatable bonds is 5. The summed E-state index contributed by atoms with van der Waals surface area (Å²) in [6.45, 7) is 6.44. The molecular weight excluding hydrogens is 220 g/mol. The highest BCUT2D eigenvalue weighted by molar-refractivity contribution is 5.93. The van der Waals surface area contributed by atoms with E-state index in [1.165, 1.54) is 12.3 Å². The second kappa shape index (κ2) is 6.20. The SMILES string of the molecule is Cc1cc(=O)c(C(=O)NCCOC(C)C)c[nH]1. The van der Waals surface area contributed by atoms with E-state index >= 15 is 0 Å². The number of aromatic nitrogens is 1. The summed E-state index contributed by atoms with van der Waals surface area (Å²) in [5.74, 6) is -0.376. The molecule has 5 nitrogen and oxygen atoms in total. The van der Waals surface area contributed by atoms with Crippen molar-refractivity contribution in [2.45, 2.75) is 26.9 Å². The van der Waals surface area contributed by atoms with Gasteiger partial charge in [-0.1, -0.05) is 0 Å². The first-order chi connectivity index (χ1) is 8.00. The van der Waals surface area contributed by atoms with Crippen LogP contribution in [0.1, 0.15) is 29.9 Å². The Morgan fingerprint density at radius 2 is 2.24 bits per heavy atom. The lowest BCUT2D eigenvalue weighted by Gasteiger charge is -2.08. The number of hydrogen-bond acceptors (Lipinski definition) is 3. The highest BCUT2D eigenvalue weighted by atomic mass is 16.5. The fraction of sp³-hybridized carbons (Fsp3) is 0.500. The maximum atomic E-state index is 11.6. The second-order valence-electron chi connectivity index (χ2n) is 4.07. The number of amides is 1. The molecule has 2 N–H and O–H groups in total. The molecule has 17 heavy (non-hydrogen) atoms. The Balaban J connectivity index is 2.50. The van der Waals surface area contributed by atoms with Crippen LogP contribution in [0.2, 0.25) is 0 Å². The van der Waals surface area contributed by atoms with Gasteiger partial charge in [-0.2, -0.15) is 0 Å². The van der Waals surface area contributed by atoms with Crippen LogP contribution in [0.15, 0.2) is 17.1 Å². The number of carbonyl (C=O) groups is 1. The van der Waals surface area contributed by atoms with E-state index in [4.69, 9.17) is 4.74 Å². The summed E-state index contributed by atoms with van der Waals surface area (Å²) in [4.78, 5) is 26.0. The number of hydrogen-bond donors (Lipinski definition) is 2. The Kier molecular flexibility index (Phi) is 4.90. The molecule has 0 atom stereocenters. The van der Waals surface area contributed by atoms with Crippen LogP contribution in [0, 0.1) is 6.92 Å². The van der Waals surface area contributed by atoms with E-state index in [1.54, 1.807) is 6.92 Å². The van der Waals surface area contributed by atoms with Crippen molar-refractivity contribution < 1.29 is 9.53 Å². The van der Waals surface area contributed by atoms with E-state index in [-0.39, 0.29) is 23.0 Å². The molecule has 1 heterocycles. The molecule has 1 rings (SSSR count). The monoisotopic (exact) mass is 238 g/mol. The maximum Gasteiger partial charge on any atom is 0.256 e. The molecule has 94 valence electrons. The Morgan fingerprint density at radius 1 is 1.53 bits per heavy atom. The van der Waals surface area contributed by atoms with Gasteiger partial charge in [0.15, 0.2) is 5.43 Å². The molecule has 0 aliphatic heterocycles. The summed E-state index contributed by atoms with van der Waals surface area (Å²) < 4.78 is 5.28. The minimum Gasteiger partial charge on any atom is -0.377 e. The molecule has 0 unspecified atom stereocenters. The van der Waals surface area contributed by atoms with Crippen molar-refractivity contribution in [1.29, 1.82) is 0 Å².